The molecule has 1 N–H and O–H groups in total. The van der Waals surface area contributed by atoms with Crippen LogP contribution in [0.4, 0.5) is 0 Å². The van der Waals surface area contributed by atoms with E-state index < -0.39 is 0 Å². The van der Waals surface area contributed by atoms with Crippen molar-refractivity contribution in [3.05, 3.63) is 12.2 Å². The molecule has 2 atom stereocenters. The second kappa shape index (κ2) is 7.68. The lowest BCUT2D eigenvalue weighted by Gasteiger charge is -2.21. The molecule has 1 aliphatic carbocycles. The van der Waals surface area contributed by atoms with E-state index in [0.717, 1.165) is 50.9 Å². The van der Waals surface area contributed by atoms with E-state index in [4.69, 9.17) is 4.74 Å². The van der Waals surface area contributed by atoms with Gasteiger partial charge in [0.2, 0.25) is 5.91 Å². The normalized spacial score (nSPS) is 27.6. The van der Waals surface area contributed by atoms with Crippen LogP contribution in [0, 0.1) is 17.8 Å². The predicted molar refractivity (Wildman–Crippen MR) is 76.8 cm³/mol. The van der Waals surface area contributed by atoms with Gasteiger partial charge in [-0.15, -0.1) is 0 Å². The third kappa shape index (κ3) is 5.35. The molecule has 1 saturated heterocycles. The molecule has 0 radical (unpaired) electrons. The highest BCUT2D eigenvalue weighted by atomic mass is 16.5. The maximum atomic E-state index is 11.6. The van der Waals surface area contributed by atoms with Gasteiger partial charge >= 0.3 is 0 Å². The van der Waals surface area contributed by atoms with E-state index in [0.29, 0.717) is 5.92 Å². The largest absolute Gasteiger partial charge is 0.381 e. The van der Waals surface area contributed by atoms with E-state index in [-0.39, 0.29) is 5.91 Å². The number of carbonyl (C=O) groups is 1. The van der Waals surface area contributed by atoms with Crippen molar-refractivity contribution in [2.45, 2.75) is 45.4 Å². The Hall–Kier alpha value is -0.830. The standard InChI is InChI=1S/C16H27NO2/c1-2-14-11-15(14)5-3-4-6-16(18)17-12-13-7-9-19-10-8-13/h4,6,13-15H,2-3,5,7-12H2,1H3,(H,17,18). The molecule has 0 spiro atoms. The van der Waals surface area contributed by atoms with Gasteiger partial charge in [-0.1, -0.05) is 19.4 Å². The van der Waals surface area contributed by atoms with Crippen LogP contribution in [0.2, 0.25) is 0 Å². The summed E-state index contributed by atoms with van der Waals surface area (Å²) in [5.41, 5.74) is 0. The summed E-state index contributed by atoms with van der Waals surface area (Å²) in [6.07, 6.45) is 10.9. The van der Waals surface area contributed by atoms with E-state index in [2.05, 4.69) is 12.2 Å². The fourth-order valence-corrected chi connectivity index (χ4v) is 2.92. The molecule has 0 aromatic rings. The molecule has 1 amide bonds. The minimum absolute atomic E-state index is 0.0642. The number of amides is 1. The molecule has 2 aliphatic rings. The Morgan fingerprint density at radius 3 is 2.79 bits per heavy atom. The fraction of sp³-hybridized carbons (Fsp3) is 0.812. The predicted octanol–water partition coefficient (Wildman–Crippen LogP) is 2.91. The van der Waals surface area contributed by atoms with Gasteiger partial charge in [0, 0.05) is 19.8 Å². The Bertz CT molecular complexity index is 308. The molecule has 1 heterocycles. The Labute approximate surface area is 116 Å². The van der Waals surface area contributed by atoms with Crippen molar-refractivity contribution in [2.75, 3.05) is 19.8 Å². The Kier molecular flexibility index (Phi) is 5.90. The van der Waals surface area contributed by atoms with Gasteiger partial charge in [0.15, 0.2) is 0 Å². The highest BCUT2D eigenvalue weighted by Gasteiger charge is 2.33. The molecule has 0 bridgehead atoms. The van der Waals surface area contributed by atoms with Crippen LogP contribution < -0.4 is 5.32 Å². The highest BCUT2D eigenvalue weighted by Crippen LogP contribution is 2.44. The lowest BCUT2D eigenvalue weighted by Crippen LogP contribution is -2.31. The van der Waals surface area contributed by atoms with Gasteiger partial charge in [-0.3, -0.25) is 4.79 Å². The maximum absolute atomic E-state index is 11.6. The van der Waals surface area contributed by atoms with Gasteiger partial charge < -0.3 is 10.1 Å². The van der Waals surface area contributed by atoms with E-state index in [9.17, 15) is 4.79 Å². The van der Waals surface area contributed by atoms with Crippen LogP contribution in [0.15, 0.2) is 12.2 Å². The van der Waals surface area contributed by atoms with E-state index in [1.807, 2.05) is 6.08 Å². The zero-order valence-electron chi connectivity index (χ0n) is 12.1. The number of hydrogen-bond acceptors (Lipinski definition) is 2. The first-order valence-electron chi connectivity index (χ1n) is 7.81. The van der Waals surface area contributed by atoms with Crippen molar-refractivity contribution in [3.8, 4) is 0 Å². The lowest BCUT2D eigenvalue weighted by atomic mass is 10.0. The van der Waals surface area contributed by atoms with E-state index in [1.165, 1.54) is 19.3 Å². The van der Waals surface area contributed by atoms with Crippen LogP contribution in [0.3, 0.4) is 0 Å². The molecule has 1 saturated carbocycles. The van der Waals surface area contributed by atoms with Crippen molar-refractivity contribution in [3.63, 3.8) is 0 Å². The van der Waals surface area contributed by atoms with Crippen LogP contribution in [0.25, 0.3) is 0 Å². The molecular formula is C16H27NO2. The van der Waals surface area contributed by atoms with Crippen molar-refractivity contribution < 1.29 is 9.53 Å². The third-order valence-electron chi connectivity index (χ3n) is 4.47. The first kappa shape index (κ1) is 14.6. The van der Waals surface area contributed by atoms with E-state index >= 15 is 0 Å². The monoisotopic (exact) mass is 265 g/mol. The molecule has 2 fully saturated rings. The van der Waals surface area contributed by atoms with Crippen molar-refractivity contribution in [1.82, 2.24) is 5.32 Å². The van der Waals surface area contributed by atoms with Gasteiger partial charge in [-0.05, 0) is 55.9 Å². The molecule has 3 heteroatoms. The summed E-state index contributed by atoms with van der Waals surface area (Å²) >= 11 is 0. The highest BCUT2D eigenvalue weighted by molar-refractivity contribution is 5.87. The molecular weight excluding hydrogens is 238 g/mol. The molecule has 19 heavy (non-hydrogen) atoms. The van der Waals surface area contributed by atoms with Crippen molar-refractivity contribution in [1.29, 1.82) is 0 Å². The molecule has 2 rings (SSSR count). The van der Waals surface area contributed by atoms with Crippen molar-refractivity contribution in [2.24, 2.45) is 17.8 Å². The average molecular weight is 265 g/mol. The van der Waals surface area contributed by atoms with Crippen LogP contribution in [-0.4, -0.2) is 25.7 Å². The first-order chi connectivity index (χ1) is 9.29. The van der Waals surface area contributed by atoms with Crippen molar-refractivity contribution >= 4 is 5.91 Å². The summed E-state index contributed by atoms with van der Waals surface area (Å²) in [7, 11) is 0. The van der Waals surface area contributed by atoms with Gasteiger partial charge in [0.25, 0.3) is 0 Å². The Balaban J connectivity index is 1.51. The second-order valence-electron chi connectivity index (χ2n) is 5.94. The average Bonchev–Trinajstić information content (AvgIpc) is 3.21. The van der Waals surface area contributed by atoms with Crippen LogP contribution in [-0.2, 0) is 9.53 Å². The van der Waals surface area contributed by atoms with Gasteiger partial charge in [0.05, 0.1) is 0 Å². The smallest absolute Gasteiger partial charge is 0.243 e. The summed E-state index contributed by atoms with van der Waals surface area (Å²) in [4.78, 5) is 11.6. The van der Waals surface area contributed by atoms with Gasteiger partial charge in [-0.25, -0.2) is 0 Å². The lowest BCUT2D eigenvalue weighted by molar-refractivity contribution is -0.116. The summed E-state index contributed by atoms with van der Waals surface area (Å²) < 4.78 is 5.31. The summed E-state index contributed by atoms with van der Waals surface area (Å²) in [5.74, 6) is 2.56. The minimum Gasteiger partial charge on any atom is -0.381 e. The van der Waals surface area contributed by atoms with Crippen LogP contribution in [0.5, 0.6) is 0 Å². The number of nitrogens with one attached hydrogen (secondary N) is 1. The summed E-state index contributed by atoms with van der Waals surface area (Å²) in [6, 6.07) is 0. The molecule has 2 unspecified atom stereocenters. The zero-order chi connectivity index (χ0) is 13.5. The van der Waals surface area contributed by atoms with Crippen LogP contribution in [0.1, 0.15) is 45.4 Å². The molecule has 108 valence electrons. The number of rotatable bonds is 7. The van der Waals surface area contributed by atoms with Gasteiger partial charge in [-0.2, -0.15) is 0 Å². The SMILES string of the molecule is CCC1CC1CCC=CC(=O)NCC1CCOCC1. The Morgan fingerprint density at radius 1 is 1.32 bits per heavy atom. The third-order valence-corrected chi connectivity index (χ3v) is 4.47. The Morgan fingerprint density at radius 2 is 2.11 bits per heavy atom. The number of hydrogen-bond donors (Lipinski definition) is 1. The maximum Gasteiger partial charge on any atom is 0.243 e. The number of ether oxygens (including phenoxy) is 1. The first-order valence-corrected chi connectivity index (χ1v) is 7.81. The number of allylic oxidation sites excluding steroid dienone is 1. The second-order valence-corrected chi connectivity index (χ2v) is 5.94. The minimum atomic E-state index is 0.0642. The molecule has 0 aromatic heterocycles. The summed E-state index contributed by atoms with van der Waals surface area (Å²) in [6.45, 7) is 4.75. The topological polar surface area (TPSA) is 38.3 Å². The van der Waals surface area contributed by atoms with Gasteiger partial charge in [0.1, 0.15) is 0 Å². The molecule has 3 nitrogen and oxygen atoms in total. The quantitative estimate of drug-likeness (QED) is 0.719. The zero-order valence-corrected chi connectivity index (χ0v) is 12.1. The number of carbonyl (C=O) groups excluding carboxylic acids is 1. The fourth-order valence-electron chi connectivity index (χ4n) is 2.92. The van der Waals surface area contributed by atoms with E-state index in [1.54, 1.807) is 6.08 Å². The molecule has 1 aliphatic heterocycles. The van der Waals surface area contributed by atoms with Crippen LogP contribution >= 0.6 is 0 Å². The molecule has 0 aromatic carbocycles. The summed E-state index contributed by atoms with van der Waals surface area (Å²) in [5, 5.41) is 2.99.